The molecule has 5 heteroatoms. The first-order valence-corrected chi connectivity index (χ1v) is 4.22. The molecule has 0 radical (unpaired) electrons. The Morgan fingerprint density at radius 1 is 1.08 bits per heavy atom. The summed E-state index contributed by atoms with van der Waals surface area (Å²) in [6, 6.07) is 0. The molecule has 0 unspecified atom stereocenters. The van der Waals surface area contributed by atoms with Crippen molar-refractivity contribution >= 4 is 17.3 Å². The maximum absolute atomic E-state index is 5.54. The summed E-state index contributed by atoms with van der Waals surface area (Å²) >= 11 is 0. The average molecular weight is 183 g/mol. The summed E-state index contributed by atoms with van der Waals surface area (Å²) in [6.07, 6.45) is 0. The molecule has 1 aromatic rings. The van der Waals surface area contributed by atoms with Crippen molar-refractivity contribution in [2.45, 2.75) is 20.8 Å². The molecule has 5 N–H and O–H groups in total. The number of nitrogens with zero attached hydrogens (tertiary/aromatic N) is 2. The smallest absolute Gasteiger partial charge is 0.152 e. The van der Waals surface area contributed by atoms with Crippen molar-refractivity contribution in [3.63, 3.8) is 0 Å². The Bertz CT molecular complexity index is 248. The predicted octanol–water partition coefficient (Wildman–Crippen LogP) is 1.02. The minimum atomic E-state index is 0.387. The van der Waals surface area contributed by atoms with Crippen molar-refractivity contribution in [1.29, 1.82) is 0 Å². The topological polar surface area (TPSA) is 89.8 Å². The Morgan fingerprint density at radius 3 is 1.77 bits per heavy atom. The fourth-order valence-electron chi connectivity index (χ4n) is 0.873. The molecule has 0 atom stereocenters. The van der Waals surface area contributed by atoms with Gasteiger partial charge in [-0.3, -0.25) is 0 Å². The van der Waals surface area contributed by atoms with Crippen LogP contribution in [0, 0.1) is 6.92 Å². The Morgan fingerprint density at radius 2 is 1.46 bits per heavy atom. The molecule has 0 bridgehead atoms. The van der Waals surface area contributed by atoms with Crippen molar-refractivity contribution in [3.8, 4) is 0 Å². The predicted molar refractivity (Wildman–Crippen MR) is 56.5 cm³/mol. The van der Waals surface area contributed by atoms with Crippen LogP contribution in [0.1, 0.15) is 19.7 Å². The molecule has 0 amide bonds. The van der Waals surface area contributed by atoms with Gasteiger partial charge in [-0.05, 0) is 6.92 Å². The zero-order chi connectivity index (χ0) is 10.4. The van der Waals surface area contributed by atoms with E-state index in [2.05, 4.69) is 15.3 Å². The van der Waals surface area contributed by atoms with Crippen LogP contribution in [0.25, 0.3) is 0 Å². The van der Waals surface area contributed by atoms with Gasteiger partial charge in [-0.15, -0.1) is 0 Å². The van der Waals surface area contributed by atoms with Gasteiger partial charge in [-0.25, -0.2) is 9.97 Å². The lowest BCUT2D eigenvalue weighted by atomic mass is 10.4. The number of nitrogens with one attached hydrogen (secondary N) is 1. The standard InChI is InChI=1S/C6H11N5.C2H6/c1-3-10-5(7)4(9-2)6(8)11-3;1-2/h9H,1-2H3,(H4,7,8,10,11);1-2H3. The van der Waals surface area contributed by atoms with E-state index in [4.69, 9.17) is 11.5 Å². The summed E-state index contributed by atoms with van der Waals surface area (Å²) in [5, 5.41) is 2.82. The summed E-state index contributed by atoms with van der Waals surface area (Å²) in [5.41, 5.74) is 11.7. The largest absolute Gasteiger partial charge is 0.382 e. The van der Waals surface area contributed by atoms with Crippen LogP contribution in [0.15, 0.2) is 0 Å². The van der Waals surface area contributed by atoms with Gasteiger partial charge >= 0.3 is 0 Å². The molecule has 5 nitrogen and oxygen atoms in total. The molecular weight excluding hydrogens is 166 g/mol. The third-order valence-electron chi connectivity index (χ3n) is 1.33. The quantitative estimate of drug-likeness (QED) is 0.604. The maximum Gasteiger partial charge on any atom is 0.152 e. The molecular formula is C8H17N5. The number of hydrogen-bond acceptors (Lipinski definition) is 5. The number of rotatable bonds is 1. The van der Waals surface area contributed by atoms with Gasteiger partial charge in [0.15, 0.2) is 11.6 Å². The highest BCUT2D eigenvalue weighted by molar-refractivity contribution is 5.73. The highest BCUT2D eigenvalue weighted by Crippen LogP contribution is 2.20. The molecule has 74 valence electrons. The second-order valence-corrected chi connectivity index (χ2v) is 2.17. The number of nitrogen functional groups attached to an aromatic ring is 2. The van der Waals surface area contributed by atoms with E-state index in [-0.39, 0.29) is 0 Å². The van der Waals surface area contributed by atoms with Crippen molar-refractivity contribution < 1.29 is 0 Å². The summed E-state index contributed by atoms with van der Waals surface area (Å²) in [4.78, 5) is 7.86. The molecule has 0 fully saturated rings. The molecule has 0 aliphatic carbocycles. The average Bonchev–Trinajstić information content (AvgIpc) is 2.07. The minimum absolute atomic E-state index is 0.387. The first-order valence-electron chi connectivity index (χ1n) is 4.22. The fourth-order valence-corrected chi connectivity index (χ4v) is 0.873. The zero-order valence-corrected chi connectivity index (χ0v) is 8.55. The van der Waals surface area contributed by atoms with Crippen LogP contribution >= 0.6 is 0 Å². The number of anilines is 3. The lowest BCUT2D eigenvalue weighted by Gasteiger charge is -2.06. The van der Waals surface area contributed by atoms with Crippen LogP contribution in [-0.4, -0.2) is 17.0 Å². The summed E-state index contributed by atoms with van der Waals surface area (Å²) in [5.74, 6) is 1.36. The molecule has 0 saturated heterocycles. The van der Waals surface area contributed by atoms with E-state index in [0.717, 1.165) is 0 Å². The Balaban J connectivity index is 0.000000671. The van der Waals surface area contributed by atoms with Gasteiger partial charge in [0, 0.05) is 7.05 Å². The Kier molecular flexibility index (Phi) is 4.58. The van der Waals surface area contributed by atoms with Crippen LogP contribution in [0.5, 0.6) is 0 Å². The van der Waals surface area contributed by atoms with E-state index in [1.54, 1.807) is 14.0 Å². The van der Waals surface area contributed by atoms with Gasteiger partial charge in [0.25, 0.3) is 0 Å². The molecule has 0 aliphatic rings. The SMILES string of the molecule is CC.CNc1c(N)nc(C)nc1N. The fraction of sp³-hybridized carbons (Fsp3) is 0.500. The van der Waals surface area contributed by atoms with Crippen molar-refractivity contribution in [2.75, 3.05) is 23.8 Å². The van der Waals surface area contributed by atoms with E-state index < -0.39 is 0 Å². The third kappa shape index (κ3) is 2.77. The van der Waals surface area contributed by atoms with Crippen LogP contribution < -0.4 is 16.8 Å². The second kappa shape index (κ2) is 5.18. The maximum atomic E-state index is 5.54. The van der Waals surface area contributed by atoms with E-state index in [0.29, 0.717) is 23.1 Å². The summed E-state index contributed by atoms with van der Waals surface area (Å²) in [6.45, 7) is 5.74. The highest BCUT2D eigenvalue weighted by atomic mass is 15.0. The number of aromatic nitrogens is 2. The van der Waals surface area contributed by atoms with Crippen LogP contribution in [0.2, 0.25) is 0 Å². The summed E-state index contributed by atoms with van der Waals surface area (Å²) < 4.78 is 0. The second-order valence-electron chi connectivity index (χ2n) is 2.17. The Hall–Kier alpha value is -1.52. The molecule has 0 aromatic carbocycles. The molecule has 1 rings (SSSR count). The molecule has 0 saturated carbocycles. The van der Waals surface area contributed by atoms with Gasteiger partial charge in [-0.1, -0.05) is 13.8 Å². The number of aryl methyl sites for hydroxylation is 1. The van der Waals surface area contributed by atoms with Crippen LogP contribution in [-0.2, 0) is 0 Å². The Labute approximate surface area is 78.6 Å². The van der Waals surface area contributed by atoms with Gasteiger partial charge in [0.1, 0.15) is 11.5 Å². The van der Waals surface area contributed by atoms with Gasteiger partial charge < -0.3 is 16.8 Å². The molecule has 1 heterocycles. The van der Waals surface area contributed by atoms with Crippen LogP contribution in [0.3, 0.4) is 0 Å². The van der Waals surface area contributed by atoms with E-state index in [1.165, 1.54) is 0 Å². The van der Waals surface area contributed by atoms with Crippen molar-refractivity contribution in [2.24, 2.45) is 0 Å². The molecule has 13 heavy (non-hydrogen) atoms. The highest BCUT2D eigenvalue weighted by Gasteiger charge is 2.04. The number of nitrogens with two attached hydrogens (primary N) is 2. The first kappa shape index (κ1) is 11.5. The van der Waals surface area contributed by atoms with Gasteiger partial charge in [0.2, 0.25) is 0 Å². The summed E-state index contributed by atoms with van der Waals surface area (Å²) in [7, 11) is 1.72. The monoisotopic (exact) mass is 183 g/mol. The third-order valence-corrected chi connectivity index (χ3v) is 1.33. The number of hydrogen-bond donors (Lipinski definition) is 3. The van der Waals surface area contributed by atoms with Crippen LogP contribution in [0.4, 0.5) is 17.3 Å². The molecule has 0 spiro atoms. The minimum Gasteiger partial charge on any atom is -0.382 e. The van der Waals surface area contributed by atoms with E-state index in [9.17, 15) is 0 Å². The normalized spacial score (nSPS) is 8.62. The zero-order valence-electron chi connectivity index (χ0n) is 8.55. The first-order chi connectivity index (χ1) is 6.15. The van der Waals surface area contributed by atoms with Gasteiger partial charge in [-0.2, -0.15) is 0 Å². The molecule has 0 aliphatic heterocycles. The van der Waals surface area contributed by atoms with Gasteiger partial charge in [0.05, 0.1) is 0 Å². The van der Waals surface area contributed by atoms with Crippen molar-refractivity contribution in [1.82, 2.24) is 9.97 Å². The molecule has 1 aromatic heterocycles. The van der Waals surface area contributed by atoms with E-state index >= 15 is 0 Å². The lowest BCUT2D eigenvalue weighted by molar-refractivity contribution is 1.07. The van der Waals surface area contributed by atoms with Crippen molar-refractivity contribution in [3.05, 3.63) is 5.82 Å². The van der Waals surface area contributed by atoms with E-state index in [1.807, 2.05) is 13.8 Å². The lowest BCUT2D eigenvalue weighted by Crippen LogP contribution is -2.06.